The third-order valence-electron chi connectivity index (χ3n) is 11.0. The second kappa shape index (κ2) is 10.5. The molecular weight excluding hydrogens is 601 g/mol. The van der Waals surface area contributed by atoms with Crippen molar-refractivity contribution in [3.05, 3.63) is 182 Å². The van der Waals surface area contributed by atoms with Gasteiger partial charge in [-0.3, -0.25) is 0 Å². The topological polar surface area (TPSA) is 0 Å². The van der Waals surface area contributed by atoms with Gasteiger partial charge in [0.05, 0.1) is 0 Å². The van der Waals surface area contributed by atoms with Crippen molar-refractivity contribution in [2.75, 3.05) is 0 Å². The molecule has 0 spiro atoms. The molecule has 11 aromatic carbocycles. The molecule has 0 heterocycles. The van der Waals surface area contributed by atoms with E-state index in [1.54, 1.807) is 0 Å². The first kappa shape index (κ1) is 27.5. The zero-order valence-electron chi connectivity index (χ0n) is 27.3. The minimum absolute atomic E-state index is 1.23. The Labute approximate surface area is 289 Å². The van der Waals surface area contributed by atoms with E-state index in [0.717, 1.165) is 0 Å². The van der Waals surface area contributed by atoms with Crippen molar-refractivity contribution >= 4 is 75.4 Å². The van der Waals surface area contributed by atoms with Crippen LogP contribution in [0.3, 0.4) is 0 Å². The molecule has 0 bridgehead atoms. The quantitative estimate of drug-likeness (QED) is 0.135. The van der Waals surface area contributed by atoms with Gasteiger partial charge in [0.1, 0.15) is 0 Å². The Morgan fingerprint density at radius 1 is 0.200 bits per heavy atom. The van der Waals surface area contributed by atoms with E-state index in [-0.39, 0.29) is 0 Å². The molecule has 11 aromatic rings. The summed E-state index contributed by atoms with van der Waals surface area (Å²) >= 11 is 0. The SMILES string of the molecule is c1ccc2c(-c3ccc(-c4ccc5ccc(-c6ccc7c8ccccc8c8cccc9ccc6c7c98)cc5c4)c4ccccc34)cccc2c1. The van der Waals surface area contributed by atoms with Crippen LogP contribution >= 0.6 is 0 Å². The molecule has 0 aromatic heterocycles. The van der Waals surface area contributed by atoms with Crippen LogP contribution in [-0.4, -0.2) is 0 Å². The number of benzene rings is 11. The zero-order chi connectivity index (χ0) is 32.8. The number of hydrogen-bond acceptors (Lipinski definition) is 0. The Bertz CT molecular complexity index is 3140. The first-order valence-corrected chi connectivity index (χ1v) is 17.4. The predicted octanol–water partition coefficient (Wildman–Crippen LogP) is 14.2. The highest BCUT2D eigenvalue weighted by Gasteiger charge is 2.17. The van der Waals surface area contributed by atoms with E-state index < -0.39 is 0 Å². The molecule has 0 saturated carbocycles. The van der Waals surface area contributed by atoms with E-state index in [0.29, 0.717) is 0 Å². The molecule has 0 aliphatic rings. The summed E-state index contributed by atoms with van der Waals surface area (Å²) in [5.41, 5.74) is 7.55. The maximum absolute atomic E-state index is 2.38. The summed E-state index contributed by atoms with van der Waals surface area (Å²) in [6.45, 7) is 0. The maximum atomic E-state index is 2.38. The summed E-state index contributed by atoms with van der Waals surface area (Å²) in [4.78, 5) is 0. The smallest absolute Gasteiger partial charge is 0.00141 e. The fourth-order valence-corrected chi connectivity index (χ4v) is 8.70. The van der Waals surface area contributed by atoms with Gasteiger partial charge in [0.25, 0.3) is 0 Å². The molecule has 0 radical (unpaired) electrons. The lowest BCUT2D eigenvalue weighted by molar-refractivity contribution is 1.65. The zero-order valence-corrected chi connectivity index (χ0v) is 27.3. The van der Waals surface area contributed by atoms with Crippen molar-refractivity contribution < 1.29 is 0 Å². The van der Waals surface area contributed by atoms with Gasteiger partial charge in [0.2, 0.25) is 0 Å². The molecule has 0 aliphatic carbocycles. The van der Waals surface area contributed by atoms with Gasteiger partial charge >= 0.3 is 0 Å². The first-order valence-electron chi connectivity index (χ1n) is 17.4. The minimum atomic E-state index is 1.23. The minimum Gasteiger partial charge on any atom is -0.0616 e. The van der Waals surface area contributed by atoms with Gasteiger partial charge in [-0.2, -0.15) is 0 Å². The third-order valence-corrected chi connectivity index (χ3v) is 11.0. The van der Waals surface area contributed by atoms with Crippen molar-refractivity contribution in [1.29, 1.82) is 0 Å². The van der Waals surface area contributed by atoms with Crippen LogP contribution in [0, 0.1) is 0 Å². The molecule has 0 fully saturated rings. The van der Waals surface area contributed by atoms with Gasteiger partial charge in [-0.1, -0.05) is 170 Å². The standard InChI is InChI=1S/C50H30/c1-2-12-37-32(9-1)10-7-17-41(37)45-27-25-38(40-13-3-4-14-42(40)45)34-21-19-31-20-22-35(30-36(31)29-34)39-26-28-48-44-16-6-5-15-43(44)46-18-8-11-33-23-24-47(39)50(48)49(33)46/h1-30H. The Kier molecular flexibility index (Phi) is 5.76. The number of rotatable bonds is 3. The van der Waals surface area contributed by atoms with Crippen LogP contribution in [0.25, 0.3) is 109 Å². The number of fused-ring (bicyclic) bond motifs is 6. The normalized spacial score (nSPS) is 12.0. The molecule has 0 saturated heterocycles. The second-order valence-corrected chi connectivity index (χ2v) is 13.6. The average molecular weight is 631 g/mol. The summed E-state index contributed by atoms with van der Waals surface area (Å²) in [6.07, 6.45) is 0. The summed E-state index contributed by atoms with van der Waals surface area (Å²) in [6, 6.07) is 67.6. The van der Waals surface area contributed by atoms with E-state index in [9.17, 15) is 0 Å². The summed E-state index contributed by atoms with van der Waals surface area (Å²) in [5.74, 6) is 0. The molecule has 50 heavy (non-hydrogen) atoms. The van der Waals surface area contributed by atoms with Gasteiger partial charge < -0.3 is 0 Å². The Hall–Kier alpha value is -6.50. The Morgan fingerprint density at radius 3 is 1.46 bits per heavy atom. The van der Waals surface area contributed by atoms with Crippen LogP contribution < -0.4 is 0 Å². The highest BCUT2D eigenvalue weighted by molar-refractivity contribution is 6.35. The second-order valence-electron chi connectivity index (χ2n) is 13.6. The fourth-order valence-electron chi connectivity index (χ4n) is 8.70. The summed E-state index contributed by atoms with van der Waals surface area (Å²) in [7, 11) is 0. The molecule has 0 amide bonds. The Balaban J connectivity index is 1.09. The average Bonchev–Trinajstić information content (AvgIpc) is 3.19. The fraction of sp³-hybridized carbons (Fsp3) is 0. The van der Waals surface area contributed by atoms with Crippen LogP contribution in [0.2, 0.25) is 0 Å². The van der Waals surface area contributed by atoms with Gasteiger partial charge in [0, 0.05) is 0 Å². The third kappa shape index (κ3) is 3.94. The monoisotopic (exact) mass is 630 g/mol. The molecule has 11 rings (SSSR count). The van der Waals surface area contributed by atoms with Gasteiger partial charge in [-0.15, -0.1) is 0 Å². The number of hydrogen-bond donors (Lipinski definition) is 0. The van der Waals surface area contributed by atoms with Crippen LogP contribution in [0.15, 0.2) is 182 Å². The lowest BCUT2D eigenvalue weighted by Gasteiger charge is -2.17. The molecule has 0 heteroatoms. The first-order chi connectivity index (χ1) is 24.8. The molecule has 230 valence electrons. The van der Waals surface area contributed by atoms with Crippen molar-refractivity contribution in [2.45, 2.75) is 0 Å². The van der Waals surface area contributed by atoms with Crippen molar-refractivity contribution in [1.82, 2.24) is 0 Å². The molecule has 0 aliphatic heterocycles. The highest BCUT2D eigenvalue weighted by atomic mass is 14.2. The van der Waals surface area contributed by atoms with E-state index in [1.165, 1.54) is 109 Å². The highest BCUT2D eigenvalue weighted by Crippen LogP contribution is 2.44. The van der Waals surface area contributed by atoms with E-state index >= 15 is 0 Å². The van der Waals surface area contributed by atoms with Crippen LogP contribution in [0.5, 0.6) is 0 Å². The van der Waals surface area contributed by atoms with Gasteiger partial charge in [-0.25, -0.2) is 0 Å². The molecule has 0 nitrogen and oxygen atoms in total. The van der Waals surface area contributed by atoms with Crippen molar-refractivity contribution in [2.24, 2.45) is 0 Å². The van der Waals surface area contributed by atoms with E-state index in [2.05, 4.69) is 182 Å². The summed E-state index contributed by atoms with van der Waals surface area (Å²) in [5, 5.41) is 18.2. The van der Waals surface area contributed by atoms with Crippen molar-refractivity contribution in [3.8, 4) is 33.4 Å². The van der Waals surface area contributed by atoms with E-state index in [4.69, 9.17) is 0 Å². The van der Waals surface area contributed by atoms with Gasteiger partial charge in [-0.05, 0) is 121 Å². The van der Waals surface area contributed by atoms with Crippen molar-refractivity contribution in [3.63, 3.8) is 0 Å². The Morgan fingerprint density at radius 2 is 0.680 bits per heavy atom. The lowest BCUT2D eigenvalue weighted by Crippen LogP contribution is -1.90. The van der Waals surface area contributed by atoms with Gasteiger partial charge in [0.15, 0.2) is 0 Å². The lowest BCUT2D eigenvalue weighted by atomic mass is 9.86. The summed E-state index contributed by atoms with van der Waals surface area (Å²) < 4.78 is 0. The molecular formula is C50H30. The van der Waals surface area contributed by atoms with Crippen LogP contribution in [0.1, 0.15) is 0 Å². The largest absolute Gasteiger partial charge is 0.0616 e. The van der Waals surface area contributed by atoms with Crippen LogP contribution in [-0.2, 0) is 0 Å². The predicted molar refractivity (Wildman–Crippen MR) is 216 cm³/mol. The molecule has 0 atom stereocenters. The maximum Gasteiger partial charge on any atom is -0.00141 e. The van der Waals surface area contributed by atoms with Crippen LogP contribution in [0.4, 0.5) is 0 Å². The van der Waals surface area contributed by atoms with E-state index in [1.807, 2.05) is 0 Å². The molecule has 0 N–H and O–H groups in total. The molecule has 0 unspecified atom stereocenters.